The van der Waals surface area contributed by atoms with E-state index >= 15 is 0 Å². The van der Waals surface area contributed by atoms with E-state index in [4.69, 9.17) is 5.73 Å². The van der Waals surface area contributed by atoms with Crippen LogP contribution in [-0.2, 0) is 72.1 Å². The minimum atomic E-state index is -1.34. The predicted octanol–water partition coefficient (Wildman–Crippen LogP) is 2.04. The van der Waals surface area contributed by atoms with E-state index in [2.05, 4.69) is 51.8 Å². The Hall–Kier alpha value is -8.69. The number of hydrogen-bond donors (Lipinski definition) is 11. The Morgan fingerprint density at radius 1 is 0.595 bits per heavy atom. The summed E-state index contributed by atoms with van der Waals surface area (Å²) in [4.78, 5) is 114. The number of phenols is 1. The SMILES string of the molecule is CC(C)[C@H](NC(=O)[C@H](Cc1ccccc1)NC[C@H](Cc1ccccc1)NC(=O)[C@H](Cc1cnc[nH]1)NC(=O)[C@H](Cc1ccccc1)NC(=O)[C@@H]1CCCN1C(=O)[C@H](N)Cc1cnc[nH]1)C(=O)N[C@@H](Cc1ccc(O)cc1)C(=O)O. The molecule has 12 N–H and O–H groups in total. The molecule has 0 radical (unpaired) electrons. The molecule has 21 heteroatoms. The van der Waals surface area contributed by atoms with Gasteiger partial charge in [0, 0.05) is 68.6 Å². The number of aliphatic carboxylic acids is 1. The molecule has 1 fully saturated rings. The van der Waals surface area contributed by atoms with Gasteiger partial charge in [-0.1, -0.05) is 117 Å². The molecule has 0 bridgehead atoms. The highest BCUT2D eigenvalue weighted by Crippen LogP contribution is 2.20. The first-order valence-corrected chi connectivity index (χ1v) is 26.5. The van der Waals surface area contributed by atoms with Gasteiger partial charge in [-0.15, -0.1) is 0 Å². The number of rotatable bonds is 28. The lowest BCUT2D eigenvalue weighted by Crippen LogP contribution is -2.60. The molecule has 21 nitrogen and oxygen atoms in total. The molecule has 1 aliphatic rings. The summed E-state index contributed by atoms with van der Waals surface area (Å²) >= 11 is 0. The average molecular weight is 1080 g/mol. The number of carboxylic acid groups (broad SMARTS) is 1. The van der Waals surface area contributed by atoms with Crippen LogP contribution in [0.2, 0.25) is 0 Å². The highest BCUT2D eigenvalue weighted by Gasteiger charge is 2.39. The fourth-order valence-electron chi connectivity index (χ4n) is 9.55. The standard InChI is InChI=1S/C58H70N12O9/c1-36(2)51(56(76)68-49(58(78)79)28-40-20-22-44(71)23-21-40)69-52(72)46(26-38-15-8-4-9-16-38)62-33-43(25-37-13-6-3-7-14-37)65-53(73)48(30-42-32-61-35-64-42)66-54(74)47(27-39-17-10-5-11-18-39)67-55(75)50-19-12-24-70(50)57(77)45(59)29-41-31-60-34-63-41/h3-11,13-18,20-23,31-32,34-36,43,45-51,62,71H,12,19,24-30,33,59H2,1-2H3,(H,60,63)(H,61,64)(H,65,73)(H,66,74)(H,67,75)(H,68,76)(H,69,72)(H,78,79)/t43-,45+,46-,47-,48-,49-,50-,51-/m0/s1. The van der Waals surface area contributed by atoms with Gasteiger partial charge in [0.05, 0.1) is 24.7 Å². The number of aromatic hydroxyl groups is 1. The first kappa shape index (κ1) is 58.0. The topological polar surface area (TPSA) is 319 Å². The Labute approximate surface area is 458 Å². The summed E-state index contributed by atoms with van der Waals surface area (Å²) in [6, 6.07) is 25.3. The average Bonchev–Trinajstić information content (AvgIpc) is 4.30. The number of nitrogens with zero attached hydrogens (tertiary/aromatic N) is 3. The zero-order valence-electron chi connectivity index (χ0n) is 44.2. The smallest absolute Gasteiger partial charge is 0.326 e. The fourth-order valence-corrected chi connectivity index (χ4v) is 9.55. The molecular formula is C58H70N12O9. The van der Waals surface area contributed by atoms with Crippen molar-refractivity contribution in [3.63, 3.8) is 0 Å². The van der Waals surface area contributed by atoms with Crippen molar-refractivity contribution in [1.29, 1.82) is 0 Å². The number of imidazole rings is 2. The van der Waals surface area contributed by atoms with E-state index in [0.29, 0.717) is 36.3 Å². The minimum absolute atomic E-state index is 0.00793. The first-order chi connectivity index (χ1) is 38.1. The molecule has 6 aromatic rings. The molecule has 7 rings (SSSR count). The summed E-state index contributed by atoms with van der Waals surface area (Å²) in [5.41, 5.74) is 10.5. The van der Waals surface area contributed by atoms with Gasteiger partial charge in [-0.2, -0.15) is 0 Å². The maximum absolute atomic E-state index is 14.8. The first-order valence-electron chi connectivity index (χ1n) is 26.5. The molecule has 0 aliphatic carbocycles. The van der Waals surface area contributed by atoms with Gasteiger partial charge in [-0.05, 0) is 66.0 Å². The number of benzene rings is 4. The van der Waals surface area contributed by atoms with Crippen LogP contribution in [0.4, 0.5) is 0 Å². The molecule has 8 atom stereocenters. The number of H-pyrrole nitrogens is 2. The number of likely N-dealkylation sites (tertiary alicyclic amines) is 1. The third kappa shape index (κ3) is 17.4. The van der Waals surface area contributed by atoms with Crippen LogP contribution in [0.1, 0.15) is 60.3 Å². The van der Waals surface area contributed by atoms with E-state index in [1.165, 1.54) is 35.9 Å². The van der Waals surface area contributed by atoms with Gasteiger partial charge in [0.25, 0.3) is 0 Å². The van der Waals surface area contributed by atoms with Crippen LogP contribution in [0.15, 0.2) is 140 Å². The Balaban J connectivity index is 1.09. The van der Waals surface area contributed by atoms with Crippen molar-refractivity contribution in [2.45, 2.75) is 114 Å². The largest absolute Gasteiger partial charge is 0.508 e. The van der Waals surface area contributed by atoms with Crippen molar-refractivity contribution >= 4 is 41.4 Å². The Morgan fingerprint density at radius 2 is 1.09 bits per heavy atom. The zero-order valence-corrected chi connectivity index (χ0v) is 44.2. The number of carbonyl (C=O) groups excluding carboxylic acids is 6. The van der Waals surface area contributed by atoms with Gasteiger partial charge in [0.2, 0.25) is 35.4 Å². The van der Waals surface area contributed by atoms with Crippen LogP contribution >= 0.6 is 0 Å². The van der Waals surface area contributed by atoms with E-state index in [0.717, 1.165) is 16.7 Å². The van der Waals surface area contributed by atoms with E-state index < -0.39 is 95.7 Å². The monoisotopic (exact) mass is 1080 g/mol. The summed E-state index contributed by atoms with van der Waals surface area (Å²) in [5.74, 6) is -5.16. The molecule has 4 aromatic carbocycles. The quantitative estimate of drug-likeness (QED) is 0.0336. The summed E-state index contributed by atoms with van der Waals surface area (Å²) in [7, 11) is 0. The number of phenolic OH excluding ortho intramolecular Hbond substituents is 1. The van der Waals surface area contributed by atoms with Crippen LogP contribution in [0.5, 0.6) is 5.75 Å². The number of hydrogen-bond acceptors (Lipinski definition) is 12. The maximum atomic E-state index is 14.8. The van der Waals surface area contributed by atoms with E-state index in [1.54, 1.807) is 32.2 Å². The molecule has 0 unspecified atom stereocenters. The summed E-state index contributed by atoms with van der Waals surface area (Å²) < 4.78 is 0. The van der Waals surface area contributed by atoms with Crippen LogP contribution in [0.3, 0.4) is 0 Å². The highest BCUT2D eigenvalue weighted by atomic mass is 16.4. The lowest BCUT2D eigenvalue weighted by molar-refractivity contribution is -0.142. The second-order valence-electron chi connectivity index (χ2n) is 20.2. The highest BCUT2D eigenvalue weighted by molar-refractivity contribution is 5.96. The molecule has 1 saturated heterocycles. The Bertz CT molecular complexity index is 2910. The van der Waals surface area contributed by atoms with Gasteiger partial charge in [0.1, 0.15) is 36.0 Å². The van der Waals surface area contributed by atoms with Crippen LogP contribution in [0.25, 0.3) is 0 Å². The molecule has 6 amide bonds. The molecule has 3 heterocycles. The normalized spacial score (nSPS) is 15.8. The molecular weight excluding hydrogens is 1010 g/mol. The summed E-state index contributed by atoms with van der Waals surface area (Å²) in [6.07, 6.45) is 7.58. The number of amides is 6. The number of nitrogens with two attached hydrogens (primary N) is 1. The minimum Gasteiger partial charge on any atom is -0.508 e. The van der Waals surface area contributed by atoms with Crippen molar-refractivity contribution in [2.75, 3.05) is 13.1 Å². The van der Waals surface area contributed by atoms with Crippen molar-refractivity contribution in [1.82, 2.24) is 56.7 Å². The van der Waals surface area contributed by atoms with Crippen molar-refractivity contribution < 1.29 is 43.8 Å². The predicted molar refractivity (Wildman–Crippen MR) is 293 cm³/mol. The second-order valence-corrected chi connectivity index (χ2v) is 20.2. The third-order valence-corrected chi connectivity index (χ3v) is 13.8. The van der Waals surface area contributed by atoms with Crippen molar-refractivity contribution in [2.24, 2.45) is 11.7 Å². The third-order valence-electron chi connectivity index (χ3n) is 13.8. The molecule has 79 heavy (non-hydrogen) atoms. The molecule has 416 valence electrons. The van der Waals surface area contributed by atoms with Gasteiger partial charge in [-0.3, -0.25) is 28.8 Å². The van der Waals surface area contributed by atoms with Gasteiger partial charge < -0.3 is 62.7 Å². The lowest BCUT2D eigenvalue weighted by Gasteiger charge is -2.30. The molecule has 1 aliphatic heterocycles. The van der Waals surface area contributed by atoms with Crippen LogP contribution < -0.4 is 37.6 Å². The Kier molecular flexibility index (Phi) is 21.0. The van der Waals surface area contributed by atoms with Crippen molar-refractivity contribution in [3.8, 4) is 5.75 Å². The number of nitrogens with one attached hydrogen (secondary N) is 8. The number of carbonyl (C=O) groups is 7. The maximum Gasteiger partial charge on any atom is 0.326 e. The fraction of sp³-hybridized carbons (Fsp3) is 0.362. The summed E-state index contributed by atoms with van der Waals surface area (Å²) in [6.45, 7) is 3.80. The zero-order chi connectivity index (χ0) is 56.3. The van der Waals surface area contributed by atoms with Crippen LogP contribution in [-0.4, -0.2) is 138 Å². The van der Waals surface area contributed by atoms with Crippen molar-refractivity contribution in [3.05, 3.63) is 174 Å². The van der Waals surface area contributed by atoms with E-state index in [1.807, 2.05) is 91.0 Å². The van der Waals surface area contributed by atoms with Crippen LogP contribution in [0, 0.1) is 5.92 Å². The van der Waals surface area contributed by atoms with Gasteiger partial charge in [0.15, 0.2) is 0 Å². The second kappa shape index (κ2) is 28.6. The molecule has 0 saturated carbocycles. The lowest BCUT2D eigenvalue weighted by atomic mass is 9.99. The molecule has 2 aromatic heterocycles. The Morgan fingerprint density at radius 3 is 1.65 bits per heavy atom. The number of aromatic amines is 2. The number of aromatic nitrogens is 4. The summed E-state index contributed by atoms with van der Waals surface area (Å²) in [5, 5.41) is 37.6. The van der Waals surface area contributed by atoms with E-state index in [-0.39, 0.29) is 50.8 Å². The molecule has 0 spiro atoms. The number of carboxylic acids is 1. The van der Waals surface area contributed by atoms with Gasteiger partial charge in [-0.25, -0.2) is 14.8 Å². The van der Waals surface area contributed by atoms with E-state index in [9.17, 15) is 43.8 Å². The van der Waals surface area contributed by atoms with Gasteiger partial charge >= 0.3 is 5.97 Å².